The van der Waals surface area contributed by atoms with Gasteiger partial charge in [-0.05, 0) is 19.8 Å². The van der Waals surface area contributed by atoms with Crippen LogP contribution in [0.4, 0.5) is 0 Å². The standard InChI is InChI=1S/C13H21ClN2O2/c1-5-16-12(13(14)10(3)15-16)7-11(17)6-9(2)8-18-4/h9H,5-8H2,1-4H3. The molecule has 4 nitrogen and oxygen atoms in total. The van der Waals surface area contributed by atoms with Crippen molar-refractivity contribution in [1.29, 1.82) is 0 Å². The van der Waals surface area contributed by atoms with E-state index in [1.54, 1.807) is 11.8 Å². The molecule has 0 spiro atoms. The van der Waals surface area contributed by atoms with Gasteiger partial charge >= 0.3 is 0 Å². The van der Waals surface area contributed by atoms with E-state index in [2.05, 4.69) is 5.10 Å². The van der Waals surface area contributed by atoms with E-state index in [-0.39, 0.29) is 11.7 Å². The summed E-state index contributed by atoms with van der Waals surface area (Å²) in [5, 5.41) is 4.92. The van der Waals surface area contributed by atoms with E-state index in [9.17, 15) is 4.79 Å². The van der Waals surface area contributed by atoms with Gasteiger partial charge in [-0.25, -0.2) is 0 Å². The molecule has 0 amide bonds. The number of ether oxygens (including phenoxy) is 1. The Bertz CT molecular complexity index is 415. The quantitative estimate of drug-likeness (QED) is 0.766. The van der Waals surface area contributed by atoms with Crippen molar-refractivity contribution >= 4 is 17.4 Å². The van der Waals surface area contributed by atoms with Gasteiger partial charge in [-0.15, -0.1) is 0 Å². The highest BCUT2D eigenvalue weighted by atomic mass is 35.5. The molecule has 0 saturated heterocycles. The molecule has 0 aliphatic heterocycles. The molecule has 0 aliphatic rings. The smallest absolute Gasteiger partial charge is 0.139 e. The lowest BCUT2D eigenvalue weighted by molar-refractivity contribution is -0.119. The molecule has 0 fully saturated rings. The van der Waals surface area contributed by atoms with Gasteiger partial charge in [0, 0.05) is 33.1 Å². The van der Waals surface area contributed by atoms with Crippen molar-refractivity contribution in [3.63, 3.8) is 0 Å². The van der Waals surface area contributed by atoms with Crippen LogP contribution in [0.5, 0.6) is 0 Å². The van der Waals surface area contributed by atoms with Crippen LogP contribution in [0.25, 0.3) is 0 Å². The first-order chi connectivity index (χ1) is 8.49. The van der Waals surface area contributed by atoms with Crippen LogP contribution in [0.1, 0.15) is 31.7 Å². The van der Waals surface area contributed by atoms with E-state index in [0.717, 1.165) is 17.9 Å². The number of aryl methyl sites for hydroxylation is 2. The van der Waals surface area contributed by atoms with E-state index in [4.69, 9.17) is 16.3 Å². The highest BCUT2D eigenvalue weighted by Gasteiger charge is 2.17. The zero-order valence-corrected chi connectivity index (χ0v) is 12.3. The first-order valence-corrected chi connectivity index (χ1v) is 6.59. The lowest BCUT2D eigenvalue weighted by Crippen LogP contribution is -2.15. The third-order valence-corrected chi connectivity index (χ3v) is 3.34. The van der Waals surface area contributed by atoms with Crippen molar-refractivity contribution in [2.75, 3.05) is 13.7 Å². The summed E-state index contributed by atoms with van der Waals surface area (Å²) < 4.78 is 6.83. The second kappa shape index (κ2) is 6.90. The Hall–Kier alpha value is -0.870. The summed E-state index contributed by atoms with van der Waals surface area (Å²) >= 11 is 6.17. The molecule has 1 aromatic rings. The molecule has 0 saturated carbocycles. The number of rotatable bonds is 7. The second-order valence-corrected chi connectivity index (χ2v) is 5.02. The van der Waals surface area contributed by atoms with E-state index in [1.807, 2.05) is 20.8 Å². The number of methoxy groups -OCH3 is 1. The molecule has 18 heavy (non-hydrogen) atoms. The lowest BCUT2D eigenvalue weighted by atomic mass is 10.0. The maximum atomic E-state index is 12.0. The number of aromatic nitrogens is 2. The highest BCUT2D eigenvalue weighted by Crippen LogP contribution is 2.21. The van der Waals surface area contributed by atoms with Crippen LogP contribution < -0.4 is 0 Å². The molecule has 1 unspecified atom stereocenters. The van der Waals surface area contributed by atoms with Gasteiger partial charge in [0.2, 0.25) is 0 Å². The molecular weight excluding hydrogens is 252 g/mol. The molecule has 1 rings (SSSR count). The molecule has 1 heterocycles. The van der Waals surface area contributed by atoms with Gasteiger partial charge in [0.1, 0.15) is 5.78 Å². The number of ketones is 1. The third kappa shape index (κ3) is 3.82. The number of carbonyl (C=O) groups excluding carboxylic acids is 1. The van der Waals surface area contributed by atoms with Gasteiger partial charge in [-0.3, -0.25) is 9.48 Å². The van der Waals surface area contributed by atoms with Crippen molar-refractivity contribution in [3.05, 3.63) is 16.4 Å². The Balaban J connectivity index is 2.69. The van der Waals surface area contributed by atoms with Crippen molar-refractivity contribution in [2.24, 2.45) is 5.92 Å². The summed E-state index contributed by atoms with van der Waals surface area (Å²) in [5.41, 5.74) is 1.61. The Labute approximate surface area is 113 Å². The zero-order chi connectivity index (χ0) is 13.7. The van der Waals surface area contributed by atoms with Gasteiger partial charge in [0.05, 0.1) is 16.4 Å². The van der Waals surface area contributed by atoms with Gasteiger partial charge in [0.15, 0.2) is 0 Å². The van der Waals surface area contributed by atoms with Crippen LogP contribution in [-0.4, -0.2) is 29.3 Å². The van der Waals surface area contributed by atoms with Gasteiger partial charge in [0.25, 0.3) is 0 Å². The van der Waals surface area contributed by atoms with E-state index in [0.29, 0.717) is 24.5 Å². The van der Waals surface area contributed by atoms with Crippen molar-refractivity contribution in [3.8, 4) is 0 Å². The highest BCUT2D eigenvalue weighted by molar-refractivity contribution is 6.32. The number of hydrogen-bond donors (Lipinski definition) is 0. The number of Topliss-reactive ketones (excluding diaryl/α,β-unsaturated/α-hetero) is 1. The number of halogens is 1. The summed E-state index contributed by atoms with van der Waals surface area (Å²) in [6.45, 7) is 7.18. The summed E-state index contributed by atoms with van der Waals surface area (Å²) in [7, 11) is 1.65. The van der Waals surface area contributed by atoms with E-state index >= 15 is 0 Å². The number of hydrogen-bond acceptors (Lipinski definition) is 3. The average molecular weight is 273 g/mol. The van der Waals surface area contributed by atoms with Crippen molar-refractivity contribution in [1.82, 2.24) is 9.78 Å². The fraction of sp³-hybridized carbons (Fsp3) is 0.692. The largest absolute Gasteiger partial charge is 0.384 e. The first kappa shape index (κ1) is 15.2. The fourth-order valence-electron chi connectivity index (χ4n) is 2.03. The third-order valence-electron chi connectivity index (χ3n) is 2.84. The Morgan fingerprint density at radius 1 is 1.56 bits per heavy atom. The van der Waals surface area contributed by atoms with E-state index < -0.39 is 0 Å². The minimum absolute atomic E-state index is 0.177. The lowest BCUT2D eigenvalue weighted by Gasteiger charge is -2.09. The molecule has 5 heteroatoms. The van der Waals surface area contributed by atoms with Gasteiger partial charge in [-0.2, -0.15) is 5.10 Å². The molecule has 102 valence electrons. The Morgan fingerprint density at radius 2 is 2.22 bits per heavy atom. The predicted octanol–water partition coefficient (Wildman–Crippen LogP) is 2.65. The molecule has 0 aliphatic carbocycles. The molecule has 0 N–H and O–H groups in total. The number of carbonyl (C=O) groups is 1. The molecular formula is C13H21ClN2O2. The Morgan fingerprint density at radius 3 is 2.78 bits per heavy atom. The zero-order valence-electron chi connectivity index (χ0n) is 11.5. The second-order valence-electron chi connectivity index (χ2n) is 4.64. The van der Waals surface area contributed by atoms with Gasteiger partial charge in [-0.1, -0.05) is 18.5 Å². The van der Waals surface area contributed by atoms with Crippen molar-refractivity contribution in [2.45, 2.75) is 40.2 Å². The normalized spacial score (nSPS) is 12.7. The topological polar surface area (TPSA) is 44.1 Å². The maximum Gasteiger partial charge on any atom is 0.139 e. The Kier molecular flexibility index (Phi) is 5.82. The molecule has 0 bridgehead atoms. The summed E-state index contributed by atoms with van der Waals surface area (Å²) in [6, 6.07) is 0. The SMILES string of the molecule is CCn1nc(C)c(Cl)c1CC(=O)CC(C)COC. The summed E-state index contributed by atoms with van der Waals surface area (Å²) in [4.78, 5) is 12.0. The van der Waals surface area contributed by atoms with Gasteiger partial charge < -0.3 is 4.74 Å². The van der Waals surface area contributed by atoms with Crippen LogP contribution in [0, 0.1) is 12.8 Å². The van der Waals surface area contributed by atoms with Crippen LogP contribution in [0.15, 0.2) is 0 Å². The first-order valence-electron chi connectivity index (χ1n) is 6.22. The monoisotopic (exact) mass is 272 g/mol. The molecule has 0 aromatic carbocycles. The minimum atomic E-state index is 0.177. The average Bonchev–Trinajstić information content (AvgIpc) is 2.57. The predicted molar refractivity (Wildman–Crippen MR) is 72.0 cm³/mol. The van der Waals surface area contributed by atoms with Crippen molar-refractivity contribution < 1.29 is 9.53 Å². The van der Waals surface area contributed by atoms with Crippen LogP contribution in [0.2, 0.25) is 5.02 Å². The summed E-state index contributed by atoms with van der Waals surface area (Å²) in [5.74, 6) is 0.413. The summed E-state index contributed by atoms with van der Waals surface area (Å²) in [6.07, 6.45) is 0.861. The fourth-order valence-corrected chi connectivity index (χ4v) is 2.23. The molecule has 0 radical (unpaired) electrons. The van der Waals surface area contributed by atoms with E-state index in [1.165, 1.54) is 0 Å². The number of nitrogens with zero attached hydrogens (tertiary/aromatic N) is 2. The maximum absolute atomic E-state index is 12.0. The van der Waals surface area contributed by atoms with Crippen LogP contribution in [0.3, 0.4) is 0 Å². The van der Waals surface area contributed by atoms with Crippen LogP contribution >= 0.6 is 11.6 Å². The molecule has 1 aromatic heterocycles. The molecule has 1 atom stereocenters. The van der Waals surface area contributed by atoms with Crippen LogP contribution in [-0.2, 0) is 22.5 Å². The minimum Gasteiger partial charge on any atom is -0.384 e.